The maximum atomic E-state index is 13.1. The van der Waals surface area contributed by atoms with Gasteiger partial charge in [-0.05, 0) is 44.5 Å². The molecule has 1 aromatic heterocycles. The molecular formula is C18H24FN3O2. The van der Waals surface area contributed by atoms with E-state index >= 15 is 0 Å². The van der Waals surface area contributed by atoms with Crippen molar-refractivity contribution in [2.75, 3.05) is 6.54 Å². The Hall–Kier alpha value is -2.21. The summed E-state index contributed by atoms with van der Waals surface area (Å²) in [6, 6.07) is 6.07. The molecule has 6 heteroatoms. The predicted octanol–water partition coefficient (Wildman–Crippen LogP) is 2.45. The van der Waals surface area contributed by atoms with E-state index in [4.69, 9.17) is 0 Å². The van der Waals surface area contributed by atoms with E-state index in [-0.39, 0.29) is 24.7 Å². The molecule has 5 nitrogen and oxygen atoms in total. The quantitative estimate of drug-likeness (QED) is 0.818. The second kappa shape index (κ2) is 8.06. The van der Waals surface area contributed by atoms with Crippen LogP contribution in [-0.2, 0) is 11.2 Å². The van der Waals surface area contributed by atoms with Crippen LogP contribution in [0.2, 0.25) is 0 Å². The molecule has 0 aliphatic carbocycles. The van der Waals surface area contributed by atoms with Crippen LogP contribution in [0.25, 0.3) is 5.69 Å². The zero-order valence-electron chi connectivity index (χ0n) is 14.3. The van der Waals surface area contributed by atoms with Gasteiger partial charge < -0.3 is 10.4 Å². The normalized spacial score (nSPS) is 12.2. The van der Waals surface area contributed by atoms with Gasteiger partial charge in [0.1, 0.15) is 5.82 Å². The molecule has 0 aliphatic rings. The molecule has 0 radical (unpaired) electrons. The Morgan fingerprint density at radius 3 is 2.62 bits per heavy atom. The lowest BCUT2D eigenvalue weighted by atomic mass is 10.1. The van der Waals surface area contributed by atoms with Crippen LogP contribution in [0.15, 0.2) is 24.3 Å². The summed E-state index contributed by atoms with van der Waals surface area (Å²) in [5, 5.41) is 16.9. The molecule has 0 saturated carbocycles. The number of halogens is 1. The summed E-state index contributed by atoms with van der Waals surface area (Å²) in [7, 11) is 0. The summed E-state index contributed by atoms with van der Waals surface area (Å²) in [5.74, 6) is -0.444. The van der Waals surface area contributed by atoms with E-state index in [2.05, 4.69) is 10.4 Å². The van der Waals surface area contributed by atoms with Gasteiger partial charge >= 0.3 is 0 Å². The number of aryl methyl sites for hydroxylation is 1. The summed E-state index contributed by atoms with van der Waals surface area (Å²) in [5.41, 5.74) is 3.22. The van der Waals surface area contributed by atoms with Gasteiger partial charge in [-0.1, -0.05) is 13.3 Å². The summed E-state index contributed by atoms with van der Waals surface area (Å²) in [4.78, 5) is 12.1. The van der Waals surface area contributed by atoms with Crippen molar-refractivity contribution in [3.63, 3.8) is 0 Å². The molecule has 1 heterocycles. The Bertz CT molecular complexity index is 695. The Balaban J connectivity index is 2.08. The smallest absolute Gasteiger partial charge is 0.224 e. The number of carbonyl (C=O) groups is 1. The summed E-state index contributed by atoms with van der Waals surface area (Å²) < 4.78 is 14.8. The van der Waals surface area contributed by atoms with E-state index in [1.165, 1.54) is 12.1 Å². The number of benzene rings is 1. The van der Waals surface area contributed by atoms with Crippen molar-refractivity contribution in [1.82, 2.24) is 15.1 Å². The number of hydrogen-bond acceptors (Lipinski definition) is 3. The van der Waals surface area contributed by atoms with Crippen molar-refractivity contribution in [2.24, 2.45) is 0 Å². The van der Waals surface area contributed by atoms with Crippen LogP contribution in [0.3, 0.4) is 0 Å². The minimum atomic E-state index is -0.511. The zero-order chi connectivity index (χ0) is 17.7. The zero-order valence-corrected chi connectivity index (χ0v) is 14.3. The topological polar surface area (TPSA) is 67.2 Å². The van der Waals surface area contributed by atoms with Crippen molar-refractivity contribution >= 4 is 5.91 Å². The minimum absolute atomic E-state index is 0.144. The molecule has 1 atom stereocenters. The number of nitrogens with one attached hydrogen (secondary N) is 1. The molecule has 130 valence electrons. The Morgan fingerprint density at radius 2 is 2.00 bits per heavy atom. The Morgan fingerprint density at radius 1 is 1.33 bits per heavy atom. The van der Waals surface area contributed by atoms with Gasteiger partial charge in [0.05, 0.1) is 23.9 Å². The van der Waals surface area contributed by atoms with Crippen LogP contribution < -0.4 is 5.32 Å². The molecule has 0 spiro atoms. The minimum Gasteiger partial charge on any atom is -0.391 e. The lowest BCUT2D eigenvalue weighted by molar-refractivity contribution is -0.120. The van der Waals surface area contributed by atoms with Gasteiger partial charge in [0.2, 0.25) is 5.91 Å². The molecule has 1 amide bonds. The molecule has 2 rings (SSSR count). The first-order chi connectivity index (χ1) is 11.4. The Labute approximate surface area is 141 Å². The summed E-state index contributed by atoms with van der Waals surface area (Å²) in [6.07, 6.45) is 1.24. The van der Waals surface area contributed by atoms with E-state index in [0.717, 1.165) is 29.1 Å². The van der Waals surface area contributed by atoms with Crippen LogP contribution in [0, 0.1) is 19.7 Å². The third-order valence-corrected chi connectivity index (χ3v) is 4.01. The van der Waals surface area contributed by atoms with Gasteiger partial charge in [-0.2, -0.15) is 5.10 Å². The molecule has 2 N–H and O–H groups in total. The number of rotatable bonds is 7. The second-order valence-corrected chi connectivity index (χ2v) is 5.96. The van der Waals surface area contributed by atoms with Gasteiger partial charge in [0.15, 0.2) is 0 Å². The molecular weight excluding hydrogens is 309 g/mol. The highest BCUT2D eigenvalue weighted by Crippen LogP contribution is 2.18. The molecule has 0 aliphatic heterocycles. The molecule has 2 aromatic rings. The maximum absolute atomic E-state index is 13.1. The number of hydrogen-bond donors (Lipinski definition) is 2. The lowest BCUT2D eigenvalue weighted by Crippen LogP contribution is -2.33. The standard InChI is InChI=1S/C18H24FN3O2/c1-4-5-16(23)11-20-18(24)10-17-12(2)21-22(13(17)3)15-8-6-14(19)7-9-15/h6-9,16,23H,4-5,10-11H2,1-3H3,(H,20,24). The highest BCUT2D eigenvalue weighted by molar-refractivity contribution is 5.79. The number of aliphatic hydroxyl groups is 1. The molecule has 24 heavy (non-hydrogen) atoms. The monoisotopic (exact) mass is 333 g/mol. The second-order valence-electron chi connectivity index (χ2n) is 5.96. The third-order valence-electron chi connectivity index (χ3n) is 4.01. The predicted molar refractivity (Wildman–Crippen MR) is 90.6 cm³/mol. The van der Waals surface area contributed by atoms with Crippen molar-refractivity contribution < 1.29 is 14.3 Å². The van der Waals surface area contributed by atoms with Crippen molar-refractivity contribution in [3.8, 4) is 5.69 Å². The summed E-state index contributed by atoms with van der Waals surface area (Å²) >= 11 is 0. The van der Waals surface area contributed by atoms with E-state index in [9.17, 15) is 14.3 Å². The van der Waals surface area contributed by atoms with E-state index < -0.39 is 6.10 Å². The largest absolute Gasteiger partial charge is 0.391 e. The van der Waals surface area contributed by atoms with Crippen LogP contribution in [0.5, 0.6) is 0 Å². The number of amides is 1. The first-order valence-electron chi connectivity index (χ1n) is 8.18. The average molecular weight is 333 g/mol. The van der Waals surface area contributed by atoms with E-state index in [1.807, 2.05) is 20.8 Å². The lowest BCUT2D eigenvalue weighted by Gasteiger charge is -2.11. The van der Waals surface area contributed by atoms with E-state index in [0.29, 0.717) is 6.42 Å². The van der Waals surface area contributed by atoms with Gasteiger partial charge in [0, 0.05) is 17.8 Å². The number of carbonyl (C=O) groups excluding carboxylic acids is 1. The fraction of sp³-hybridized carbons (Fsp3) is 0.444. The molecule has 0 saturated heterocycles. The van der Waals surface area contributed by atoms with Crippen molar-refractivity contribution in [3.05, 3.63) is 47.0 Å². The van der Waals surface area contributed by atoms with Crippen LogP contribution >= 0.6 is 0 Å². The Kier molecular flexibility index (Phi) is 6.09. The summed E-state index contributed by atoms with van der Waals surface area (Å²) in [6.45, 7) is 5.98. The van der Waals surface area contributed by atoms with Crippen molar-refractivity contribution in [1.29, 1.82) is 0 Å². The maximum Gasteiger partial charge on any atom is 0.224 e. The highest BCUT2D eigenvalue weighted by Gasteiger charge is 2.16. The molecule has 1 aromatic carbocycles. The van der Waals surface area contributed by atoms with Gasteiger partial charge in [-0.15, -0.1) is 0 Å². The van der Waals surface area contributed by atoms with Crippen molar-refractivity contribution in [2.45, 2.75) is 46.1 Å². The number of aromatic nitrogens is 2. The number of aliphatic hydroxyl groups excluding tert-OH is 1. The SMILES string of the molecule is CCCC(O)CNC(=O)Cc1c(C)nn(-c2ccc(F)cc2)c1C. The van der Waals surface area contributed by atoms with Crippen LogP contribution in [0.1, 0.15) is 36.7 Å². The molecule has 0 bridgehead atoms. The molecule has 0 fully saturated rings. The van der Waals surface area contributed by atoms with Gasteiger partial charge in [-0.25, -0.2) is 9.07 Å². The fourth-order valence-electron chi connectivity index (χ4n) is 2.65. The first-order valence-corrected chi connectivity index (χ1v) is 8.18. The molecule has 1 unspecified atom stereocenters. The first kappa shape index (κ1) is 18.1. The van der Waals surface area contributed by atoms with E-state index in [1.54, 1.807) is 16.8 Å². The number of nitrogens with zero attached hydrogens (tertiary/aromatic N) is 2. The fourth-order valence-corrected chi connectivity index (χ4v) is 2.65. The van der Waals surface area contributed by atoms with Gasteiger partial charge in [0.25, 0.3) is 0 Å². The average Bonchev–Trinajstić information content (AvgIpc) is 2.82. The van der Waals surface area contributed by atoms with Gasteiger partial charge in [-0.3, -0.25) is 4.79 Å². The highest BCUT2D eigenvalue weighted by atomic mass is 19.1. The van der Waals surface area contributed by atoms with Crippen LogP contribution in [0.4, 0.5) is 4.39 Å². The third kappa shape index (κ3) is 4.41. The van der Waals surface area contributed by atoms with Crippen LogP contribution in [-0.4, -0.2) is 33.4 Å².